The number of hydrogen-bond acceptors (Lipinski definition) is 2. The van der Waals surface area contributed by atoms with Gasteiger partial charge in [0, 0.05) is 18.7 Å². The van der Waals surface area contributed by atoms with Gasteiger partial charge in [0.1, 0.15) is 0 Å². The lowest BCUT2D eigenvalue weighted by Crippen LogP contribution is -2.16. The zero-order valence-corrected chi connectivity index (χ0v) is 10.2. The summed E-state index contributed by atoms with van der Waals surface area (Å²) in [6, 6.07) is 8.27. The molecule has 88 valence electrons. The van der Waals surface area contributed by atoms with Gasteiger partial charge < -0.3 is 11.1 Å². The minimum Gasteiger partial charge on any atom is -0.385 e. The molecule has 3 N–H and O–H groups in total. The number of nitrogens with two attached hydrogens (primary N) is 1. The van der Waals surface area contributed by atoms with Gasteiger partial charge in [0.15, 0.2) is 0 Å². The summed E-state index contributed by atoms with van der Waals surface area (Å²) in [5, 5.41) is 3.15. The summed E-state index contributed by atoms with van der Waals surface area (Å²) in [6.45, 7) is 7.14. The molecule has 0 saturated carbocycles. The van der Waals surface area contributed by atoms with E-state index in [0.29, 0.717) is 13.0 Å². The zero-order chi connectivity index (χ0) is 12.2. The smallest absolute Gasteiger partial charge is 0.219 e. The van der Waals surface area contributed by atoms with Crippen molar-refractivity contribution < 1.29 is 4.79 Å². The van der Waals surface area contributed by atoms with E-state index in [9.17, 15) is 4.79 Å². The fourth-order valence-electron chi connectivity index (χ4n) is 1.42. The molecule has 1 rings (SSSR count). The second-order valence-electron chi connectivity index (χ2n) is 4.97. The van der Waals surface area contributed by atoms with Crippen LogP contribution in [0.25, 0.3) is 0 Å². The molecule has 16 heavy (non-hydrogen) atoms. The number of carbonyl (C=O) groups is 1. The summed E-state index contributed by atoms with van der Waals surface area (Å²) in [7, 11) is 0. The van der Waals surface area contributed by atoms with Gasteiger partial charge in [0.2, 0.25) is 5.91 Å². The predicted octanol–water partition coefficient (Wildman–Crippen LogP) is 2.27. The normalized spacial score (nSPS) is 11.2. The summed E-state index contributed by atoms with van der Waals surface area (Å²) in [5.74, 6) is -0.279. The number of amides is 1. The van der Waals surface area contributed by atoms with Crippen LogP contribution in [0.1, 0.15) is 32.8 Å². The Kier molecular flexibility index (Phi) is 3.93. The van der Waals surface area contributed by atoms with Gasteiger partial charge in [-0.25, -0.2) is 0 Å². The summed E-state index contributed by atoms with van der Waals surface area (Å²) in [4.78, 5) is 10.6. The molecule has 0 bridgehead atoms. The summed E-state index contributed by atoms with van der Waals surface area (Å²) < 4.78 is 0. The van der Waals surface area contributed by atoms with Crippen LogP contribution in [0.15, 0.2) is 24.3 Å². The van der Waals surface area contributed by atoms with Crippen molar-refractivity contribution >= 4 is 11.6 Å². The lowest BCUT2D eigenvalue weighted by Gasteiger charge is -2.19. The van der Waals surface area contributed by atoms with Crippen LogP contribution in [0.4, 0.5) is 5.69 Å². The molecule has 3 nitrogen and oxygen atoms in total. The number of anilines is 1. The Morgan fingerprint density at radius 3 is 2.25 bits per heavy atom. The van der Waals surface area contributed by atoms with E-state index in [1.54, 1.807) is 0 Å². The summed E-state index contributed by atoms with van der Waals surface area (Å²) in [5.41, 5.74) is 7.55. The van der Waals surface area contributed by atoms with Crippen LogP contribution < -0.4 is 11.1 Å². The molecule has 0 aromatic heterocycles. The molecule has 0 fully saturated rings. The Morgan fingerprint density at radius 2 is 1.81 bits per heavy atom. The van der Waals surface area contributed by atoms with Crippen molar-refractivity contribution in [2.45, 2.75) is 32.6 Å². The van der Waals surface area contributed by atoms with Crippen molar-refractivity contribution in [1.29, 1.82) is 0 Å². The third-order valence-electron chi connectivity index (χ3n) is 2.45. The van der Waals surface area contributed by atoms with E-state index in [2.05, 4.69) is 38.2 Å². The SMILES string of the molecule is CC(C)(C)c1ccc(NCCC(N)=O)cc1. The highest BCUT2D eigenvalue weighted by Crippen LogP contribution is 2.23. The monoisotopic (exact) mass is 220 g/mol. The lowest BCUT2D eigenvalue weighted by atomic mass is 9.87. The third kappa shape index (κ3) is 3.93. The number of hydrogen-bond donors (Lipinski definition) is 2. The molecule has 3 heteroatoms. The van der Waals surface area contributed by atoms with Crippen molar-refractivity contribution in [3.05, 3.63) is 29.8 Å². The first kappa shape index (κ1) is 12.6. The van der Waals surface area contributed by atoms with Gasteiger partial charge in [-0.15, -0.1) is 0 Å². The van der Waals surface area contributed by atoms with Crippen LogP contribution in [0.5, 0.6) is 0 Å². The Hall–Kier alpha value is -1.51. The predicted molar refractivity (Wildman–Crippen MR) is 67.4 cm³/mol. The molecule has 0 radical (unpaired) electrons. The fraction of sp³-hybridized carbons (Fsp3) is 0.462. The molecule has 0 aliphatic carbocycles. The first-order chi connectivity index (χ1) is 7.39. The molecular weight excluding hydrogens is 200 g/mol. The molecule has 1 aromatic carbocycles. The van der Waals surface area contributed by atoms with Crippen molar-refractivity contribution in [1.82, 2.24) is 0 Å². The maximum Gasteiger partial charge on any atom is 0.219 e. The van der Waals surface area contributed by atoms with Crippen molar-refractivity contribution in [3.8, 4) is 0 Å². The quantitative estimate of drug-likeness (QED) is 0.817. The van der Waals surface area contributed by atoms with Crippen molar-refractivity contribution in [2.75, 3.05) is 11.9 Å². The number of rotatable bonds is 4. The maximum atomic E-state index is 10.6. The van der Waals surface area contributed by atoms with Gasteiger partial charge in [-0.05, 0) is 23.1 Å². The first-order valence-electron chi connectivity index (χ1n) is 5.52. The Morgan fingerprint density at radius 1 is 1.25 bits per heavy atom. The van der Waals surface area contributed by atoms with E-state index in [1.807, 2.05) is 12.1 Å². The minimum absolute atomic E-state index is 0.172. The highest BCUT2D eigenvalue weighted by atomic mass is 16.1. The van der Waals surface area contributed by atoms with E-state index < -0.39 is 0 Å². The topological polar surface area (TPSA) is 55.1 Å². The number of carbonyl (C=O) groups excluding carboxylic acids is 1. The van der Waals surface area contributed by atoms with Gasteiger partial charge >= 0.3 is 0 Å². The second-order valence-corrected chi connectivity index (χ2v) is 4.97. The average Bonchev–Trinajstić information content (AvgIpc) is 2.16. The van der Waals surface area contributed by atoms with E-state index in [4.69, 9.17) is 5.73 Å². The maximum absolute atomic E-state index is 10.6. The van der Waals surface area contributed by atoms with Crippen LogP contribution in [0.2, 0.25) is 0 Å². The Balaban J connectivity index is 2.55. The summed E-state index contributed by atoms with van der Waals surface area (Å²) >= 11 is 0. The number of benzene rings is 1. The third-order valence-corrected chi connectivity index (χ3v) is 2.45. The van der Waals surface area contributed by atoms with Crippen LogP contribution in [0, 0.1) is 0 Å². The first-order valence-corrected chi connectivity index (χ1v) is 5.52. The molecule has 0 unspecified atom stereocenters. The Labute approximate surface area is 97.0 Å². The molecule has 0 aliphatic heterocycles. The van der Waals surface area contributed by atoms with Gasteiger partial charge in [-0.1, -0.05) is 32.9 Å². The zero-order valence-electron chi connectivity index (χ0n) is 10.2. The van der Waals surface area contributed by atoms with E-state index in [1.165, 1.54) is 5.56 Å². The van der Waals surface area contributed by atoms with Crippen LogP contribution in [0.3, 0.4) is 0 Å². The van der Waals surface area contributed by atoms with Gasteiger partial charge in [0.25, 0.3) is 0 Å². The largest absolute Gasteiger partial charge is 0.385 e. The highest BCUT2D eigenvalue weighted by Gasteiger charge is 2.12. The van der Waals surface area contributed by atoms with Gasteiger partial charge in [-0.2, -0.15) is 0 Å². The fourth-order valence-corrected chi connectivity index (χ4v) is 1.42. The van der Waals surface area contributed by atoms with E-state index >= 15 is 0 Å². The molecular formula is C13H20N2O. The minimum atomic E-state index is -0.279. The van der Waals surface area contributed by atoms with Crippen LogP contribution in [-0.2, 0) is 10.2 Å². The second kappa shape index (κ2) is 5.01. The average molecular weight is 220 g/mol. The molecule has 0 saturated heterocycles. The van der Waals surface area contributed by atoms with Gasteiger partial charge in [0.05, 0.1) is 0 Å². The van der Waals surface area contributed by atoms with Gasteiger partial charge in [-0.3, -0.25) is 4.79 Å². The van der Waals surface area contributed by atoms with E-state index in [0.717, 1.165) is 5.69 Å². The van der Waals surface area contributed by atoms with E-state index in [-0.39, 0.29) is 11.3 Å². The van der Waals surface area contributed by atoms with Crippen molar-refractivity contribution in [3.63, 3.8) is 0 Å². The molecule has 0 heterocycles. The molecule has 0 aliphatic rings. The number of primary amides is 1. The van der Waals surface area contributed by atoms with Crippen LogP contribution in [-0.4, -0.2) is 12.5 Å². The lowest BCUT2D eigenvalue weighted by molar-refractivity contribution is -0.117. The molecule has 1 amide bonds. The summed E-state index contributed by atoms with van der Waals surface area (Å²) in [6.07, 6.45) is 0.362. The van der Waals surface area contributed by atoms with Crippen molar-refractivity contribution in [2.24, 2.45) is 5.73 Å². The highest BCUT2D eigenvalue weighted by molar-refractivity contribution is 5.74. The number of nitrogens with one attached hydrogen (secondary N) is 1. The standard InChI is InChI=1S/C13H20N2O/c1-13(2,3)10-4-6-11(7-5-10)15-9-8-12(14)16/h4-7,15H,8-9H2,1-3H3,(H2,14,16). The molecule has 0 atom stereocenters. The van der Waals surface area contributed by atoms with Crippen LogP contribution >= 0.6 is 0 Å². The molecule has 1 aromatic rings. The Bertz CT molecular complexity index is 349. The molecule has 0 spiro atoms.